The summed E-state index contributed by atoms with van der Waals surface area (Å²) in [6, 6.07) is 9.14. The minimum absolute atomic E-state index is 0.0215. The molecule has 1 aromatic heterocycles. The van der Waals surface area contributed by atoms with Gasteiger partial charge in [0.1, 0.15) is 5.76 Å². The van der Waals surface area contributed by atoms with Crippen LogP contribution in [-0.2, 0) is 27.8 Å². The zero-order valence-corrected chi connectivity index (χ0v) is 14.9. The van der Waals surface area contributed by atoms with Crippen molar-refractivity contribution < 1.29 is 17.6 Å². The molecule has 1 N–H and O–H groups in total. The van der Waals surface area contributed by atoms with Gasteiger partial charge in [-0.1, -0.05) is 25.1 Å². The van der Waals surface area contributed by atoms with E-state index in [4.69, 9.17) is 4.42 Å². The van der Waals surface area contributed by atoms with Gasteiger partial charge in [0.15, 0.2) is 0 Å². The number of anilines is 1. The highest BCUT2D eigenvalue weighted by molar-refractivity contribution is 7.88. The maximum atomic E-state index is 12.4. The number of amides is 1. The topological polar surface area (TPSA) is 79.6 Å². The largest absolute Gasteiger partial charge is 0.468 e. The Hall–Kier alpha value is -2.12. The van der Waals surface area contributed by atoms with Gasteiger partial charge in [0.2, 0.25) is 15.9 Å². The molecular weight excluding hydrogens is 328 g/mol. The molecule has 6 nitrogen and oxygen atoms in total. The number of hydrogen-bond donors (Lipinski definition) is 1. The number of furan rings is 1. The maximum Gasteiger partial charge on any atom is 0.239 e. The Labute approximate surface area is 142 Å². The van der Waals surface area contributed by atoms with Gasteiger partial charge in [0, 0.05) is 5.69 Å². The predicted octanol–water partition coefficient (Wildman–Crippen LogP) is 2.55. The first-order valence-electron chi connectivity index (χ1n) is 7.67. The molecule has 0 aliphatic heterocycles. The monoisotopic (exact) mass is 350 g/mol. The van der Waals surface area contributed by atoms with E-state index in [9.17, 15) is 13.2 Å². The Balaban J connectivity index is 2.14. The maximum absolute atomic E-state index is 12.4. The summed E-state index contributed by atoms with van der Waals surface area (Å²) >= 11 is 0. The molecule has 0 aliphatic rings. The van der Waals surface area contributed by atoms with Gasteiger partial charge >= 0.3 is 0 Å². The average Bonchev–Trinajstić information content (AvgIpc) is 3.01. The number of sulfonamides is 1. The van der Waals surface area contributed by atoms with Gasteiger partial charge in [-0.3, -0.25) is 4.79 Å². The lowest BCUT2D eigenvalue weighted by atomic mass is 10.1. The van der Waals surface area contributed by atoms with E-state index in [1.54, 1.807) is 12.1 Å². The molecule has 0 fully saturated rings. The molecule has 0 aliphatic carbocycles. The highest BCUT2D eigenvalue weighted by Gasteiger charge is 2.22. The second kappa shape index (κ2) is 7.63. The standard InChI is InChI=1S/C17H22N2O4S/c1-4-14-8-5-7-13(2)17(14)18-16(20)12-19(24(3,21)22)11-15-9-6-10-23-15/h5-10H,4,11-12H2,1-3H3,(H,18,20). The van der Waals surface area contributed by atoms with Crippen molar-refractivity contribution in [2.24, 2.45) is 0 Å². The lowest BCUT2D eigenvalue weighted by Crippen LogP contribution is -2.37. The summed E-state index contributed by atoms with van der Waals surface area (Å²) in [7, 11) is -3.54. The number of nitrogens with zero attached hydrogens (tertiary/aromatic N) is 1. The Kier molecular flexibility index (Phi) is 5.80. The number of aryl methyl sites for hydroxylation is 2. The van der Waals surface area contributed by atoms with Crippen LogP contribution >= 0.6 is 0 Å². The van der Waals surface area contributed by atoms with Crippen LogP contribution in [0.4, 0.5) is 5.69 Å². The summed E-state index contributed by atoms with van der Waals surface area (Å²) in [6.45, 7) is 3.67. The zero-order chi connectivity index (χ0) is 17.7. The van der Waals surface area contributed by atoms with Gasteiger partial charge in [-0.05, 0) is 36.6 Å². The Morgan fingerprint density at radius 1 is 1.25 bits per heavy atom. The molecular formula is C17H22N2O4S. The molecule has 2 rings (SSSR count). The van der Waals surface area contributed by atoms with Gasteiger partial charge in [-0.15, -0.1) is 0 Å². The smallest absolute Gasteiger partial charge is 0.239 e. The second-order valence-corrected chi connectivity index (χ2v) is 7.60. The van der Waals surface area contributed by atoms with Crippen LogP contribution in [0.1, 0.15) is 23.8 Å². The van der Waals surface area contributed by atoms with E-state index in [0.29, 0.717) is 5.76 Å². The minimum atomic E-state index is -3.54. The van der Waals surface area contributed by atoms with Crippen molar-refractivity contribution in [1.82, 2.24) is 4.31 Å². The fraction of sp³-hybridized carbons (Fsp3) is 0.353. The number of benzene rings is 1. The first-order valence-corrected chi connectivity index (χ1v) is 9.52. The van der Waals surface area contributed by atoms with Crippen molar-refractivity contribution in [1.29, 1.82) is 0 Å². The fourth-order valence-electron chi connectivity index (χ4n) is 2.41. The Morgan fingerprint density at radius 3 is 2.58 bits per heavy atom. The van der Waals surface area contributed by atoms with Crippen LogP contribution in [-0.4, -0.2) is 31.4 Å². The van der Waals surface area contributed by atoms with Crippen molar-refractivity contribution in [2.75, 3.05) is 18.1 Å². The average molecular weight is 350 g/mol. The van der Waals surface area contributed by atoms with Crippen molar-refractivity contribution in [3.05, 3.63) is 53.5 Å². The summed E-state index contributed by atoms with van der Waals surface area (Å²) in [5.74, 6) is 0.106. The number of hydrogen-bond acceptors (Lipinski definition) is 4. The Bertz CT molecular complexity index is 798. The van der Waals surface area contributed by atoms with Crippen LogP contribution in [0.2, 0.25) is 0 Å². The van der Waals surface area contributed by atoms with Crippen LogP contribution in [0, 0.1) is 6.92 Å². The molecule has 0 bridgehead atoms. The molecule has 1 amide bonds. The van der Waals surface area contributed by atoms with Gasteiger partial charge < -0.3 is 9.73 Å². The molecule has 0 saturated heterocycles. The molecule has 0 spiro atoms. The third-order valence-electron chi connectivity index (χ3n) is 3.71. The molecule has 7 heteroatoms. The predicted molar refractivity (Wildman–Crippen MR) is 93.1 cm³/mol. The van der Waals surface area contributed by atoms with E-state index in [0.717, 1.165) is 33.8 Å². The van der Waals surface area contributed by atoms with E-state index in [1.807, 2.05) is 32.0 Å². The van der Waals surface area contributed by atoms with Crippen LogP contribution < -0.4 is 5.32 Å². The first-order chi connectivity index (χ1) is 11.3. The van der Waals surface area contributed by atoms with Crippen molar-refractivity contribution >= 4 is 21.6 Å². The second-order valence-electron chi connectivity index (χ2n) is 5.62. The highest BCUT2D eigenvalue weighted by atomic mass is 32.2. The molecule has 1 heterocycles. The van der Waals surface area contributed by atoms with E-state index in [1.165, 1.54) is 6.26 Å². The summed E-state index contributed by atoms with van der Waals surface area (Å²) in [4.78, 5) is 12.4. The Morgan fingerprint density at radius 2 is 2.00 bits per heavy atom. The van der Waals surface area contributed by atoms with Crippen LogP contribution in [0.15, 0.2) is 41.0 Å². The summed E-state index contributed by atoms with van der Waals surface area (Å²) < 4.78 is 30.1. The van der Waals surface area contributed by atoms with Crippen LogP contribution in [0.5, 0.6) is 0 Å². The molecule has 1 aromatic carbocycles. The number of carbonyl (C=O) groups is 1. The van der Waals surface area contributed by atoms with Crippen molar-refractivity contribution in [3.8, 4) is 0 Å². The minimum Gasteiger partial charge on any atom is -0.468 e. The molecule has 0 saturated carbocycles. The van der Waals surface area contributed by atoms with Gasteiger partial charge in [0.05, 0.1) is 25.6 Å². The summed E-state index contributed by atoms with van der Waals surface area (Å²) in [5.41, 5.74) is 2.70. The third-order valence-corrected chi connectivity index (χ3v) is 4.90. The molecule has 0 unspecified atom stereocenters. The van der Waals surface area contributed by atoms with E-state index >= 15 is 0 Å². The number of rotatable bonds is 7. The SMILES string of the molecule is CCc1cccc(C)c1NC(=O)CN(Cc1ccco1)S(C)(=O)=O. The van der Waals surface area contributed by atoms with E-state index in [2.05, 4.69) is 5.32 Å². The molecule has 24 heavy (non-hydrogen) atoms. The number of carbonyl (C=O) groups excluding carboxylic acids is 1. The van der Waals surface area contributed by atoms with Crippen molar-refractivity contribution in [2.45, 2.75) is 26.8 Å². The number of nitrogens with one attached hydrogen (secondary N) is 1. The molecule has 0 atom stereocenters. The van der Waals surface area contributed by atoms with Gasteiger partial charge in [-0.2, -0.15) is 4.31 Å². The zero-order valence-electron chi connectivity index (χ0n) is 14.1. The molecule has 130 valence electrons. The van der Waals surface area contributed by atoms with Crippen LogP contribution in [0.25, 0.3) is 0 Å². The summed E-state index contributed by atoms with van der Waals surface area (Å²) in [6.07, 6.45) is 3.32. The summed E-state index contributed by atoms with van der Waals surface area (Å²) in [5, 5.41) is 2.84. The van der Waals surface area contributed by atoms with E-state index < -0.39 is 10.0 Å². The highest BCUT2D eigenvalue weighted by Crippen LogP contribution is 2.21. The fourth-order valence-corrected chi connectivity index (χ4v) is 3.12. The van der Waals surface area contributed by atoms with E-state index in [-0.39, 0.29) is 19.0 Å². The molecule has 0 radical (unpaired) electrons. The lowest BCUT2D eigenvalue weighted by molar-refractivity contribution is -0.116. The third kappa shape index (κ3) is 4.69. The van der Waals surface area contributed by atoms with Gasteiger partial charge in [0.25, 0.3) is 0 Å². The lowest BCUT2D eigenvalue weighted by Gasteiger charge is -2.19. The van der Waals surface area contributed by atoms with Crippen LogP contribution in [0.3, 0.4) is 0 Å². The van der Waals surface area contributed by atoms with Gasteiger partial charge in [-0.25, -0.2) is 8.42 Å². The normalized spacial score (nSPS) is 11.7. The molecule has 2 aromatic rings. The quantitative estimate of drug-likeness (QED) is 0.832. The number of para-hydroxylation sites is 1. The van der Waals surface area contributed by atoms with Crippen molar-refractivity contribution in [3.63, 3.8) is 0 Å². The first kappa shape index (κ1) is 18.2.